The molecule has 0 saturated carbocycles. The lowest BCUT2D eigenvalue weighted by Gasteiger charge is -2.30. The van der Waals surface area contributed by atoms with Gasteiger partial charge in [-0.3, -0.25) is 0 Å². The molecule has 0 bridgehead atoms. The molecule has 0 heterocycles. The largest absolute Gasteiger partial charge is 0.415 e. The Labute approximate surface area is 110 Å². The Balaban J connectivity index is 2.73. The highest BCUT2D eigenvalue weighted by Gasteiger charge is 2.24. The lowest BCUT2D eigenvalue weighted by atomic mass is 9.99. The van der Waals surface area contributed by atoms with Crippen molar-refractivity contribution >= 4 is 25.7 Å². The van der Waals surface area contributed by atoms with Gasteiger partial charge in [0.2, 0.25) is 0 Å². The van der Waals surface area contributed by atoms with Crippen LogP contribution < -0.4 is 0 Å². The van der Waals surface area contributed by atoms with Crippen LogP contribution in [-0.4, -0.2) is 9.76 Å². The lowest BCUT2D eigenvalue weighted by molar-refractivity contribution is 0.109. The van der Waals surface area contributed by atoms with Gasteiger partial charge in [-0.15, -0.1) is 0 Å². The predicted molar refractivity (Wildman–Crippen MR) is 76.5 cm³/mol. The van der Waals surface area contributed by atoms with E-state index in [4.69, 9.17) is 4.43 Å². The van der Waals surface area contributed by atoms with Crippen molar-refractivity contribution in [2.75, 3.05) is 0 Å². The lowest BCUT2D eigenvalue weighted by Crippen LogP contribution is -2.27. The van der Waals surface area contributed by atoms with Gasteiger partial charge in [-0.05, 0) is 36.6 Å². The molecule has 0 atom stereocenters. The summed E-state index contributed by atoms with van der Waals surface area (Å²) in [7, 11) is -0.520. The summed E-state index contributed by atoms with van der Waals surface area (Å²) in [6, 6.07) is 8.39. The molecule has 0 spiro atoms. The van der Waals surface area contributed by atoms with Crippen LogP contribution in [0, 0.1) is 0 Å². The number of halogens is 1. The second-order valence-corrected chi connectivity index (χ2v) is 9.48. The van der Waals surface area contributed by atoms with Crippen molar-refractivity contribution in [2.24, 2.45) is 0 Å². The normalized spacial score (nSPS) is 13.6. The van der Waals surface area contributed by atoms with Gasteiger partial charge in [0.05, 0.1) is 5.60 Å². The van der Waals surface area contributed by atoms with E-state index in [2.05, 4.69) is 74.8 Å². The summed E-state index contributed by atoms with van der Waals surface area (Å²) in [4.78, 5) is 0. The van der Waals surface area contributed by atoms with E-state index in [0.29, 0.717) is 5.04 Å². The SMILES string of the molecule is CC(C)(C)[SiH2]OC(C)(C)c1ccc(Br)cc1. The first-order chi connectivity index (χ1) is 7.21. The van der Waals surface area contributed by atoms with Crippen LogP contribution in [0.5, 0.6) is 0 Å². The third-order valence-electron chi connectivity index (χ3n) is 2.41. The molecule has 0 radical (unpaired) electrons. The average Bonchev–Trinajstić information content (AvgIpc) is 2.15. The maximum absolute atomic E-state index is 6.14. The molecule has 0 aliphatic heterocycles. The Morgan fingerprint density at radius 3 is 1.94 bits per heavy atom. The van der Waals surface area contributed by atoms with Crippen LogP contribution in [0.4, 0.5) is 0 Å². The fourth-order valence-electron chi connectivity index (χ4n) is 1.33. The topological polar surface area (TPSA) is 9.23 Å². The number of rotatable bonds is 3. The van der Waals surface area contributed by atoms with Crippen molar-refractivity contribution in [3.05, 3.63) is 34.3 Å². The monoisotopic (exact) mass is 300 g/mol. The molecule has 16 heavy (non-hydrogen) atoms. The molecule has 90 valence electrons. The van der Waals surface area contributed by atoms with Crippen molar-refractivity contribution in [1.29, 1.82) is 0 Å². The van der Waals surface area contributed by atoms with Gasteiger partial charge in [-0.1, -0.05) is 48.8 Å². The molecule has 1 rings (SSSR count). The van der Waals surface area contributed by atoms with Crippen LogP contribution in [0.3, 0.4) is 0 Å². The molecule has 0 amide bonds. The molecule has 0 unspecified atom stereocenters. The molecule has 0 N–H and O–H groups in total. The summed E-state index contributed by atoms with van der Waals surface area (Å²) in [5.74, 6) is 0. The molecular weight excluding hydrogens is 280 g/mol. The van der Waals surface area contributed by atoms with E-state index in [0.717, 1.165) is 4.47 Å². The molecule has 1 nitrogen and oxygen atoms in total. The van der Waals surface area contributed by atoms with Gasteiger partial charge < -0.3 is 4.43 Å². The molecule has 0 aliphatic rings. The molecule has 0 aliphatic carbocycles. The Morgan fingerprint density at radius 1 is 1.00 bits per heavy atom. The third-order valence-corrected chi connectivity index (χ3v) is 4.67. The van der Waals surface area contributed by atoms with Crippen LogP contribution in [-0.2, 0) is 10.0 Å². The minimum absolute atomic E-state index is 0.166. The Hall–Kier alpha value is -0.123. The highest BCUT2D eigenvalue weighted by atomic mass is 79.9. The second kappa shape index (κ2) is 5.03. The summed E-state index contributed by atoms with van der Waals surface area (Å²) < 4.78 is 7.25. The van der Waals surface area contributed by atoms with Crippen LogP contribution in [0.1, 0.15) is 40.2 Å². The summed E-state index contributed by atoms with van der Waals surface area (Å²) in [5.41, 5.74) is 1.08. The zero-order chi connectivity index (χ0) is 12.4. The maximum atomic E-state index is 6.14. The molecular formula is C13H21BrOSi. The molecule has 0 fully saturated rings. The maximum Gasteiger partial charge on any atom is 0.168 e. The highest BCUT2D eigenvalue weighted by Crippen LogP contribution is 2.29. The van der Waals surface area contributed by atoms with Gasteiger partial charge in [-0.2, -0.15) is 0 Å². The summed E-state index contributed by atoms with van der Waals surface area (Å²) >= 11 is 3.45. The first kappa shape index (κ1) is 13.9. The van der Waals surface area contributed by atoms with Crippen molar-refractivity contribution < 1.29 is 4.43 Å². The Kier molecular flexibility index (Phi) is 4.38. The quantitative estimate of drug-likeness (QED) is 0.767. The number of hydrogen-bond acceptors (Lipinski definition) is 1. The summed E-state index contributed by atoms with van der Waals surface area (Å²) in [6.07, 6.45) is 0. The zero-order valence-electron chi connectivity index (χ0n) is 10.8. The van der Waals surface area contributed by atoms with Crippen molar-refractivity contribution in [3.8, 4) is 0 Å². The van der Waals surface area contributed by atoms with E-state index < -0.39 is 9.76 Å². The Bertz CT molecular complexity index is 338. The molecule has 0 aromatic heterocycles. The van der Waals surface area contributed by atoms with E-state index in [1.54, 1.807) is 0 Å². The van der Waals surface area contributed by atoms with Crippen molar-refractivity contribution in [3.63, 3.8) is 0 Å². The smallest absolute Gasteiger partial charge is 0.168 e. The van der Waals surface area contributed by atoms with Gasteiger partial charge >= 0.3 is 0 Å². The third kappa shape index (κ3) is 4.40. The summed E-state index contributed by atoms with van der Waals surface area (Å²) in [6.45, 7) is 11.0. The van der Waals surface area contributed by atoms with Gasteiger partial charge in [-0.25, -0.2) is 0 Å². The molecule has 0 saturated heterocycles. The zero-order valence-corrected chi connectivity index (χ0v) is 13.8. The van der Waals surface area contributed by atoms with E-state index in [9.17, 15) is 0 Å². The molecule has 1 aromatic carbocycles. The minimum atomic E-state index is -0.520. The van der Waals surface area contributed by atoms with E-state index in [1.165, 1.54) is 5.56 Å². The first-order valence-electron chi connectivity index (χ1n) is 5.61. The fourth-order valence-corrected chi connectivity index (χ4v) is 2.56. The summed E-state index contributed by atoms with van der Waals surface area (Å²) in [5, 5.41) is 0.340. The van der Waals surface area contributed by atoms with E-state index >= 15 is 0 Å². The predicted octanol–water partition coefficient (Wildman–Crippen LogP) is 4.00. The first-order valence-corrected chi connectivity index (χ1v) is 7.68. The van der Waals surface area contributed by atoms with Gasteiger partial charge in [0.25, 0.3) is 0 Å². The molecule has 3 heteroatoms. The number of hydrogen-bond donors (Lipinski definition) is 0. The van der Waals surface area contributed by atoms with Gasteiger partial charge in [0.1, 0.15) is 0 Å². The van der Waals surface area contributed by atoms with Crippen molar-refractivity contribution in [2.45, 2.75) is 45.3 Å². The van der Waals surface area contributed by atoms with Crippen LogP contribution in [0.15, 0.2) is 28.7 Å². The van der Waals surface area contributed by atoms with Crippen LogP contribution in [0.2, 0.25) is 5.04 Å². The van der Waals surface area contributed by atoms with E-state index in [1.807, 2.05) is 0 Å². The van der Waals surface area contributed by atoms with E-state index in [-0.39, 0.29) is 5.60 Å². The second-order valence-electron chi connectivity index (χ2n) is 5.87. The van der Waals surface area contributed by atoms with Gasteiger partial charge in [0.15, 0.2) is 9.76 Å². The fraction of sp³-hybridized carbons (Fsp3) is 0.538. The minimum Gasteiger partial charge on any atom is -0.415 e. The number of benzene rings is 1. The highest BCUT2D eigenvalue weighted by molar-refractivity contribution is 9.10. The standard InChI is InChI=1S/C13H21BrOSi/c1-12(2,3)16-15-13(4,5)10-6-8-11(14)9-7-10/h6-9H,16H2,1-5H3. The Morgan fingerprint density at radius 2 is 1.50 bits per heavy atom. The van der Waals surface area contributed by atoms with Crippen LogP contribution in [0.25, 0.3) is 0 Å². The van der Waals surface area contributed by atoms with Gasteiger partial charge in [0, 0.05) is 4.47 Å². The molecule has 1 aromatic rings. The van der Waals surface area contributed by atoms with Crippen molar-refractivity contribution in [1.82, 2.24) is 0 Å². The average molecular weight is 301 g/mol. The van der Waals surface area contributed by atoms with Crippen LogP contribution >= 0.6 is 15.9 Å².